The van der Waals surface area contributed by atoms with Crippen LogP contribution in [-0.2, 0) is 13.2 Å². The number of aromatic nitrogens is 2. The monoisotopic (exact) mass is 279 g/mol. The van der Waals surface area contributed by atoms with E-state index in [0.29, 0.717) is 11.8 Å². The van der Waals surface area contributed by atoms with Crippen molar-refractivity contribution in [1.82, 2.24) is 15.5 Å². The fourth-order valence-electron chi connectivity index (χ4n) is 1.51. The van der Waals surface area contributed by atoms with E-state index < -0.39 is 0 Å². The van der Waals surface area contributed by atoms with Crippen molar-refractivity contribution in [3.05, 3.63) is 34.8 Å². The van der Waals surface area contributed by atoms with Gasteiger partial charge < -0.3 is 14.8 Å². The SMILES string of the molecule is CCNCc1nnc(OCc2cccc(OC)c2)s1. The lowest BCUT2D eigenvalue weighted by Crippen LogP contribution is -2.11. The Hall–Kier alpha value is -1.66. The minimum Gasteiger partial charge on any atom is -0.497 e. The van der Waals surface area contributed by atoms with Gasteiger partial charge in [-0.2, -0.15) is 0 Å². The molecule has 0 spiro atoms. The molecule has 2 rings (SSSR count). The molecule has 0 aliphatic carbocycles. The first kappa shape index (κ1) is 13.8. The molecule has 0 bridgehead atoms. The standard InChI is InChI=1S/C13H17N3O2S/c1-3-14-8-12-15-16-13(19-12)18-9-10-5-4-6-11(7-10)17-2/h4-7,14H,3,8-9H2,1-2H3. The summed E-state index contributed by atoms with van der Waals surface area (Å²) in [6.45, 7) is 4.17. The Bertz CT molecular complexity index is 516. The minimum atomic E-state index is 0.465. The second kappa shape index (κ2) is 7.06. The Morgan fingerprint density at radius 2 is 2.21 bits per heavy atom. The van der Waals surface area contributed by atoms with E-state index in [1.165, 1.54) is 11.3 Å². The van der Waals surface area contributed by atoms with Crippen molar-refractivity contribution < 1.29 is 9.47 Å². The highest BCUT2D eigenvalue weighted by Crippen LogP contribution is 2.20. The summed E-state index contributed by atoms with van der Waals surface area (Å²) in [5.74, 6) is 0.825. The molecule has 5 nitrogen and oxygen atoms in total. The van der Waals surface area contributed by atoms with Gasteiger partial charge in [-0.3, -0.25) is 0 Å². The second-order valence-electron chi connectivity index (χ2n) is 3.88. The van der Waals surface area contributed by atoms with Crippen LogP contribution in [0, 0.1) is 0 Å². The molecule has 0 saturated carbocycles. The van der Waals surface area contributed by atoms with Gasteiger partial charge in [0.15, 0.2) is 0 Å². The van der Waals surface area contributed by atoms with Crippen LogP contribution in [0.2, 0.25) is 0 Å². The first-order valence-electron chi connectivity index (χ1n) is 6.10. The Kier molecular flexibility index (Phi) is 5.11. The molecule has 6 heteroatoms. The Morgan fingerprint density at radius 3 is 3.00 bits per heavy atom. The average molecular weight is 279 g/mol. The lowest BCUT2D eigenvalue weighted by atomic mass is 10.2. The zero-order chi connectivity index (χ0) is 13.5. The van der Waals surface area contributed by atoms with Crippen molar-refractivity contribution >= 4 is 11.3 Å². The summed E-state index contributed by atoms with van der Waals surface area (Å²) < 4.78 is 10.8. The van der Waals surface area contributed by atoms with Gasteiger partial charge in [-0.15, -0.1) is 5.10 Å². The van der Waals surface area contributed by atoms with Gasteiger partial charge in [-0.25, -0.2) is 0 Å². The molecular weight excluding hydrogens is 262 g/mol. The van der Waals surface area contributed by atoms with Crippen molar-refractivity contribution in [2.75, 3.05) is 13.7 Å². The number of ether oxygens (including phenoxy) is 2. The molecule has 1 heterocycles. The first-order valence-corrected chi connectivity index (χ1v) is 6.92. The maximum Gasteiger partial charge on any atom is 0.294 e. The predicted octanol–water partition coefficient (Wildman–Crippen LogP) is 2.24. The number of benzene rings is 1. The van der Waals surface area contributed by atoms with Crippen LogP contribution in [0.25, 0.3) is 0 Å². The van der Waals surface area contributed by atoms with Crippen molar-refractivity contribution in [3.8, 4) is 10.9 Å². The minimum absolute atomic E-state index is 0.465. The molecule has 0 aliphatic heterocycles. The quantitative estimate of drug-likeness (QED) is 0.842. The van der Waals surface area contributed by atoms with E-state index in [2.05, 4.69) is 22.4 Å². The summed E-state index contributed by atoms with van der Waals surface area (Å²) in [6.07, 6.45) is 0. The number of methoxy groups -OCH3 is 1. The Labute approximate surface area is 116 Å². The van der Waals surface area contributed by atoms with Crippen molar-refractivity contribution in [2.45, 2.75) is 20.1 Å². The van der Waals surface area contributed by atoms with E-state index >= 15 is 0 Å². The molecule has 1 aromatic carbocycles. The number of hydrogen-bond acceptors (Lipinski definition) is 6. The van der Waals surface area contributed by atoms with Gasteiger partial charge in [0.2, 0.25) is 0 Å². The molecule has 0 saturated heterocycles. The Balaban J connectivity index is 1.89. The zero-order valence-corrected chi connectivity index (χ0v) is 11.9. The third-order valence-corrected chi connectivity index (χ3v) is 3.31. The number of nitrogens with zero attached hydrogens (tertiary/aromatic N) is 2. The van der Waals surface area contributed by atoms with Crippen LogP contribution in [0.15, 0.2) is 24.3 Å². The fraction of sp³-hybridized carbons (Fsp3) is 0.385. The molecule has 0 radical (unpaired) electrons. The first-order chi connectivity index (χ1) is 9.31. The largest absolute Gasteiger partial charge is 0.497 e. The lowest BCUT2D eigenvalue weighted by molar-refractivity contribution is 0.301. The number of rotatable bonds is 7. The molecule has 0 amide bonds. The van der Waals surface area contributed by atoms with Crippen molar-refractivity contribution in [2.24, 2.45) is 0 Å². The third kappa shape index (κ3) is 4.18. The smallest absolute Gasteiger partial charge is 0.294 e. The van der Waals surface area contributed by atoms with Crippen LogP contribution < -0.4 is 14.8 Å². The average Bonchev–Trinajstić information content (AvgIpc) is 2.91. The fourth-order valence-corrected chi connectivity index (χ4v) is 2.16. The third-order valence-electron chi connectivity index (χ3n) is 2.47. The van der Waals surface area contributed by atoms with E-state index in [1.54, 1.807) is 7.11 Å². The highest BCUT2D eigenvalue weighted by Gasteiger charge is 2.05. The summed E-state index contributed by atoms with van der Waals surface area (Å²) in [5, 5.41) is 12.8. The summed E-state index contributed by atoms with van der Waals surface area (Å²) >= 11 is 1.46. The second-order valence-corrected chi connectivity index (χ2v) is 4.91. The molecule has 1 aromatic heterocycles. The van der Waals surface area contributed by atoms with E-state index in [1.807, 2.05) is 24.3 Å². The predicted molar refractivity (Wildman–Crippen MR) is 74.6 cm³/mol. The zero-order valence-electron chi connectivity index (χ0n) is 11.0. The molecule has 2 aromatic rings. The van der Waals surface area contributed by atoms with Gasteiger partial charge in [0, 0.05) is 6.54 Å². The highest BCUT2D eigenvalue weighted by atomic mass is 32.1. The van der Waals surface area contributed by atoms with Crippen LogP contribution in [0.3, 0.4) is 0 Å². The molecule has 19 heavy (non-hydrogen) atoms. The molecule has 0 unspecified atom stereocenters. The van der Waals surface area contributed by atoms with E-state index in [4.69, 9.17) is 9.47 Å². The van der Waals surface area contributed by atoms with E-state index in [0.717, 1.165) is 29.4 Å². The molecule has 0 aliphatic rings. The summed E-state index contributed by atoms with van der Waals surface area (Å²) in [7, 11) is 1.65. The molecule has 1 N–H and O–H groups in total. The van der Waals surface area contributed by atoms with Crippen molar-refractivity contribution in [1.29, 1.82) is 0 Å². The maximum absolute atomic E-state index is 5.61. The van der Waals surface area contributed by atoms with Crippen LogP contribution in [-0.4, -0.2) is 23.9 Å². The number of nitrogens with one attached hydrogen (secondary N) is 1. The lowest BCUT2D eigenvalue weighted by Gasteiger charge is -2.04. The van der Waals surface area contributed by atoms with Gasteiger partial charge in [-0.1, -0.05) is 35.5 Å². The van der Waals surface area contributed by atoms with Crippen LogP contribution in [0.4, 0.5) is 0 Å². The van der Waals surface area contributed by atoms with Crippen LogP contribution in [0.5, 0.6) is 10.9 Å². The van der Waals surface area contributed by atoms with E-state index in [-0.39, 0.29) is 0 Å². The molecule has 0 atom stereocenters. The summed E-state index contributed by atoms with van der Waals surface area (Å²) in [5.41, 5.74) is 1.04. The summed E-state index contributed by atoms with van der Waals surface area (Å²) in [6, 6.07) is 7.78. The number of hydrogen-bond donors (Lipinski definition) is 1. The molecule has 102 valence electrons. The van der Waals surface area contributed by atoms with Crippen LogP contribution >= 0.6 is 11.3 Å². The maximum atomic E-state index is 5.61. The highest BCUT2D eigenvalue weighted by molar-refractivity contribution is 7.13. The molecule has 0 fully saturated rings. The summed E-state index contributed by atoms with van der Waals surface area (Å²) in [4.78, 5) is 0. The van der Waals surface area contributed by atoms with Gasteiger partial charge in [0.25, 0.3) is 5.19 Å². The topological polar surface area (TPSA) is 56.3 Å². The normalized spacial score (nSPS) is 10.4. The van der Waals surface area contributed by atoms with Gasteiger partial charge in [0.05, 0.1) is 7.11 Å². The van der Waals surface area contributed by atoms with Crippen molar-refractivity contribution in [3.63, 3.8) is 0 Å². The van der Waals surface area contributed by atoms with E-state index in [9.17, 15) is 0 Å². The Morgan fingerprint density at radius 1 is 1.32 bits per heavy atom. The van der Waals surface area contributed by atoms with Crippen LogP contribution in [0.1, 0.15) is 17.5 Å². The van der Waals surface area contributed by atoms with Gasteiger partial charge in [0.1, 0.15) is 17.4 Å². The molecular formula is C13H17N3O2S. The van der Waals surface area contributed by atoms with Gasteiger partial charge in [-0.05, 0) is 24.2 Å². The van der Waals surface area contributed by atoms with Gasteiger partial charge >= 0.3 is 0 Å².